The molecule has 0 aliphatic carbocycles. The Bertz CT molecular complexity index is 856. The van der Waals surface area contributed by atoms with Gasteiger partial charge in [-0.25, -0.2) is 9.69 Å². The van der Waals surface area contributed by atoms with E-state index in [0.29, 0.717) is 5.71 Å². The predicted molar refractivity (Wildman–Crippen MR) is 87.6 cm³/mol. The molecule has 0 bridgehead atoms. The van der Waals surface area contributed by atoms with Crippen molar-refractivity contribution in [3.05, 3.63) is 48.0 Å². The van der Waals surface area contributed by atoms with E-state index in [1.807, 2.05) is 42.5 Å². The second-order valence-corrected chi connectivity index (χ2v) is 5.90. The maximum Gasteiger partial charge on any atom is 0.416 e. The number of ether oxygens (including phenoxy) is 1. The zero-order chi connectivity index (χ0) is 16.7. The van der Waals surface area contributed by atoms with E-state index < -0.39 is 18.1 Å². The first kappa shape index (κ1) is 14.7. The van der Waals surface area contributed by atoms with Crippen LogP contribution in [0.25, 0.3) is 10.8 Å². The number of benzene rings is 2. The molecular formula is C18H16N2O4. The Morgan fingerprint density at radius 3 is 2.79 bits per heavy atom. The smallest absolute Gasteiger partial charge is 0.416 e. The minimum absolute atomic E-state index is 0.229. The van der Waals surface area contributed by atoms with E-state index in [4.69, 9.17) is 9.57 Å². The summed E-state index contributed by atoms with van der Waals surface area (Å²) in [7, 11) is 0. The molecule has 2 aromatic carbocycles. The SMILES string of the molecule is C[C@@H]1ON=C(c2cccc3ccccc23)[C@H]1C(=O)N1CCOC1=O. The van der Waals surface area contributed by atoms with E-state index in [2.05, 4.69) is 5.16 Å². The van der Waals surface area contributed by atoms with Gasteiger partial charge in [0.15, 0.2) is 0 Å². The van der Waals surface area contributed by atoms with Crippen LogP contribution in [0.1, 0.15) is 12.5 Å². The van der Waals surface area contributed by atoms with Crippen molar-refractivity contribution < 1.29 is 19.2 Å². The lowest BCUT2D eigenvalue weighted by Crippen LogP contribution is -2.42. The molecular weight excluding hydrogens is 308 g/mol. The van der Waals surface area contributed by atoms with E-state index >= 15 is 0 Å². The molecule has 6 heteroatoms. The molecule has 2 aromatic rings. The molecule has 2 aliphatic rings. The van der Waals surface area contributed by atoms with Crippen LogP contribution in [0.4, 0.5) is 4.79 Å². The largest absolute Gasteiger partial charge is 0.447 e. The molecule has 6 nitrogen and oxygen atoms in total. The maximum absolute atomic E-state index is 12.9. The highest BCUT2D eigenvalue weighted by atomic mass is 16.6. The fourth-order valence-corrected chi connectivity index (χ4v) is 3.22. The number of fused-ring (bicyclic) bond motifs is 1. The second-order valence-electron chi connectivity index (χ2n) is 5.90. The first-order chi connectivity index (χ1) is 11.7. The summed E-state index contributed by atoms with van der Waals surface area (Å²) in [6.07, 6.45) is -1.03. The minimum Gasteiger partial charge on any atom is -0.447 e. The Labute approximate surface area is 138 Å². The Hall–Kier alpha value is -2.89. The monoisotopic (exact) mass is 324 g/mol. The third-order valence-corrected chi connectivity index (χ3v) is 4.44. The maximum atomic E-state index is 12.9. The summed E-state index contributed by atoms with van der Waals surface area (Å²) in [4.78, 5) is 31.1. The first-order valence-corrected chi connectivity index (χ1v) is 7.87. The number of rotatable bonds is 2. The zero-order valence-corrected chi connectivity index (χ0v) is 13.1. The van der Waals surface area contributed by atoms with Crippen LogP contribution in [0.3, 0.4) is 0 Å². The summed E-state index contributed by atoms with van der Waals surface area (Å²) < 4.78 is 4.88. The number of hydrogen-bond donors (Lipinski definition) is 0. The number of carbonyl (C=O) groups excluding carboxylic acids is 2. The van der Waals surface area contributed by atoms with Crippen LogP contribution in [0, 0.1) is 5.92 Å². The van der Waals surface area contributed by atoms with E-state index in [0.717, 1.165) is 21.2 Å². The highest BCUT2D eigenvalue weighted by Crippen LogP contribution is 2.30. The average Bonchev–Trinajstić information content (AvgIpc) is 3.19. The van der Waals surface area contributed by atoms with Gasteiger partial charge in [-0.1, -0.05) is 47.6 Å². The Balaban J connectivity index is 1.76. The van der Waals surface area contributed by atoms with Crippen LogP contribution in [-0.4, -0.2) is 41.9 Å². The lowest BCUT2D eigenvalue weighted by atomic mass is 9.89. The number of hydrogen-bond acceptors (Lipinski definition) is 5. The molecule has 2 atom stereocenters. The van der Waals surface area contributed by atoms with Gasteiger partial charge in [0, 0.05) is 5.56 Å². The Morgan fingerprint density at radius 1 is 1.21 bits per heavy atom. The summed E-state index contributed by atoms with van der Waals surface area (Å²) in [6, 6.07) is 13.8. The predicted octanol–water partition coefficient (Wildman–Crippen LogP) is 2.56. The second kappa shape index (κ2) is 5.63. The molecule has 1 saturated heterocycles. The van der Waals surface area contributed by atoms with Gasteiger partial charge < -0.3 is 9.57 Å². The van der Waals surface area contributed by atoms with E-state index in [-0.39, 0.29) is 19.1 Å². The van der Waals surface area contributed by atoms with Crippen LogP contribution >= 0.6 is 0 Å². The van der Waals surface area contributed by atoms with Gasteiger partial charge in [-0.05, 0) is 17.7 Å². The molecule has 2 aliphatic heterocycles. The third-order valence-electron chi connectivity index (χ3n) is 4.44. The molecule has 2 amide bonds. The molecule has 2 heterocycles. The Morgan fingerprint density at radius 2 is 2.00 bits per heavy atom. The molecule has 24 heavy (non-hydrogen) atoms. The van der Waals surface area contributed by atoms with Gasteiger partial charge in [0.1, 0.15) is 24.3 Å². The normalized spacial score (nSPS) is 23.1. The highest BCUT2D eigenvalue weighted by Gasteiger charge is 2.43. The van der Waals surface area contributed by atoms with E-state index in [9.17, 15) is 9.59 Å². The third kappa shape index (κ3) is 2.22. The average molecular weight is 324 g/mol. The molecule has 122 valence electrons. The topological polar surface area (TPSA) is 68.2 Å². The van der Waals surface area contributed by atoms with Gasteiger partial charge in [0.05, 0.1) is 6.54 Å². The van der Waals surface area contributed by atoms with E-state index in [1.54, 1.807) is 6.92 Å². The van der Waals surface area contributed by atoms with Crippen LogP contribution in [0.15, 0.2) is 47.6 Å². The standard InChI is InChI=1S/C18H16N2O4/c1-11-15(17(21)20-9-10-23-18(20)22)16(19-24-11)14-8-4-6-12-5-2-3-7-13(12)14/h2-8,11,15H,9-10H2,1H3/t11-,15-/m0/s1. The van der Waals surface area contributed by atoms with Crippen molar-refractivity contribution in [2.75, 3.05) is 13.2 Å². The number of cyclic esters (lactones) is 1. The lowest BCUT2D eigenvalue weighted by Gasteiger charge is -2.19. The summed E-state index contributed by atoms with van der Waals surface area (Å²) >= 11 is 0. The van der Waals surface area contributed by atoms with Crippen molar-refractivity contribution in [2.45, 2.75) is 13.0 Å². The van der Waals surface area contributed by atoms with Crippen molar-refractivity contribution in [1.29, 1.82) is 0 Å². The summed E-state index contributed by atoms with van der Waals surface area (Å²) in [5.74, 6) is -0.948. The van der Waals surface area contributed by atoms with E-state index in [1.165, 1.54) is 0 Å². The van der Waals surface area contributed by atoms with Gasteiger partial charge in [0.2, 0.25) is 5.91 Å². The Kier molecular flexibility index (Phi) is 3.45. The van der Waals surface area contributed by atoms with Gasteiger partial charge in [-0.15, -0.1) is 0 Å². The first-order valence-electron chi connectivity index (χ1n) is 7.87. The molecule has 4 rings (SSSR count). The van der Waals surface area contributed by atoms with Gasteiger partial charge in [-0.3, -0.25) is 4.79 Å². The van der Waals surface area contributed by atoms with Gasteiger partial charge in [-0.2, -0.15) is 0 Å². The quantitative estimate of drug-likeness (QED) is 0.851. The number of amides is 2. The number of nitrogens with zero attached hydrogens (tertiary/aromatic N) is 2. The minimum atomic E-state index is -0.624. The molecule has 0 saturated carbocycles. The number of carbonyl (C=O) groups is 2. The molecule has 0 aromatic heterocycles. The fraction of sp³-hybridized carbons (Fsp3) is 0.278. The zero-order valence-electron chi connectivity index (χ0n) is 13.1. The number of imide groups is 1. The lowest BCUT2D eigenvalue weighted by molar-refractivity contribution is -0.132. The van der Waals surface area contributed by atoms with Gasteiger partial charge >= 0.3 is 6.09 Å². The van der Waals surface area contributed by atoms with Crippen molar-refractivity contribution in [2.24, 2.45) is 11.1 Å². The molecule has 0 unspecified atom stereocenters. The molecule has 0 spiro atoms. The molecule has 1 fully saturated rings. The summed E-state index contributed by atoms with van der Waals surface area (Å²) in [6.45, 7) is 2.28. The highest BCUT2D eigenvalue weighted by molar-refractivity contribution is 6.20. The summed E-state index contributed by atoms with van der Waals surface area (Å²) in [5.41, 5.74) is 1.41. The van der Waals surface area contributed by atoms with Crippen LogP contribution in [0.2, 0.25) is 0 Å². The fourth-order valence-electron chi connectivity index (χ4n) is 3.22. The van der Waals surface area contributed by atoms with Crippen LogP contribution in [-0.2, 0) is 14.4 Å². The van der Waals surface area contributed by atoms with Crippen LogP contribution in [0.5, 0.6) is 0 Å². The van der Waals surface area contributed by atoms with Crippen molar-refractivity contribution in [3.63, 3.8) is 0 Å². The van der Waals surface area contributed by atoms with Crippen molar-refractivity contribution in [3.8, 4) is 0 Å². The summed E-state index contributed by atoms with van der Waals surface area (Å²) in [5, 5.41) is 6.21. The van der Waals surface area contributed by atoms with Crippen molar-refractivity contribution in [1.82, 2.24) is 4.90 Å². The van der Waals surface area contributed by atoms with Gasteiger partial charge in [0.25, 0.3) is 0 Å². The molecule has 0 N–H and O–H groups in total. The van der Waals surface area contributed by atoms with Crippen LogP contribution < -0.4 is 0 Å². The molecule has 0 radical (unpaired) electrons. The number of oxime groups is 1. The van der Waals surface area contributed by atoms with Crippen molar-refractivity contribution >= 4 is 28.5 Å².